The second-order valence-electron chi connectivity index (χ2n) is 5.20. The lowest BCUT2D eigenvalue weighted by Crippen LogP contribution is -2.25. The van der Waals surface area contributed by atoms with Crippen molar-refractivity contribution in [1.82, 2.24) is 4.90 Å². The van der Waals surface area contributed by atoms with E-state index < -0.39 is 5.97 Å². The lowest BCUT2D eigenvalue weighted by Gasteiger charge is -2.15. The first kappa shape index (κ1) is 13.4. The van der Waals surface area contributed by atoms with E-state index in [1.165, 1.54) is 0 Å². The van der Waals surface area contributed by atoms with Crippen LogP contribution in [0, 0.1) is 0 Å². The minimum atomic E-state index is -0.842. The van der Waals surface area contributed by atoms with Crippen molar-refractivity contribution in [2.24, 2.45) is 0 Å². The van der Waals surface area contributed by atoms with Gasteiger partial charge in [0.2, 0.25) is 0 Å². The summed E-state index contributed by atoms with van der Waals surface area (Å²) in [6.45, 7) is 1.12. The molecule has 0 saturated heterocycles. The molecule has 2 aromatic carbocycles. The quantitative estimate of drug-likeness (QED) is 0.940. The van der Waals surface area contributed by atoms with Gasteiger partial charge in [-0.15, -0.1) is 0 Å². The van der Waals surface area contributed by atoms with Crippen LogP contribution in [0.4, 0.5) is 0 Å². The minimum absolute atomic E-state index is 0.00610. The average Bonchev–Trinajstić information content (AvgIpc) is 2.90. The number of aliphatic carboxylic acids is 1. The summed E-state index contributed by atoms with van der Waals surface area (Å²) in [5.74, 6) is -0.836. The van der Waals surface area contributed by atoms with Gasteiger partial charge in [-0.25, -0.2) is 0 Å². The maximum Gasteiger partial charge on any atom is 0.307 e. The highest BCUT2D eigenvalue weighted by Crippen LogP contribution is 2.25. The Morgan fingerprint density at radius 2 is 1.71 bits per heavy atom. The van der Waals surface area contributed by atoms with Crippen LogP contribution in [0.1, 0.15) is 27.0 Å². The highest BCUT2D eigenvalue weighted by molar-refractivity contribution is 5.94. The smallest absolute Gasteiger partial charge is 0.307 e. The zero-order valence-electron chi connectivity index (χ0n) is 11.5. The van der Waals surface area contributed by atoms with Crippen LogP contribution >= 0.6 is 0 Å². The monoisotopic (exact) mass is 281 g/mol. The van der Waals surface area contributed by atoms with E-state index in [0.29, 0.717) is 18.7 Å². The van der Waals surface area contributed by atoms with E-state index in [2.05, 4.69) is 0 Å². The Morgan fingerprint density at radius 1 is 1.00 bits per heavy atom. The Labute approximate surface area is 122 Å². The molecule has 0 saturated carbocycles. The van der Waals surface area contributed by atoms with Crippen molar-refractivity contribution in [3.8, 4) is 0 Å². The molecule has 4 nitrogen and oxygen atoms in total. The van der Waals surface area contributed by atoms with E-state index in [-0.39, 0.29) is 12.3 Å². The Bertz CT molecular complexity index is 694. The van der Waals surface area contributed by atoms with Crippen LogP contribution in [0.5, 0.6) is 0 Å². The van der Waals surface area contributed by atoms with Crippen LogP contribution < -0.4 is 0 Å². The summed E-state index contributed by atoms with van der Waals surface area (Å²) in [5, 5.41) is 8.84. The fraction of sp³-hybridized carbons (Fsp3) is 0.176. The second-order valence-corrected chi connectivity index (χ2v) is 5.20. The molecule has 3 rings (SSSR count). The molecule has 21 heavy (non-hydrogen) atoms. The van der Waals surface area contributed by atoms with E-state index >= 15 is 0 Å². The van der Waals surface area contributed by atoms with E-state index in [1.807, 2.05) is 36.4 Å². The van der Waals surface area contributed by atoms with Crippen molar-refractivity contribution in [2.45, 2.75) is 19.5 Å². The molecule has 0 radical (unpaired) electrons. The zero-order chi connectivity index (χ0) is 14.8. The molecular formula is C17H15NO3. The van der Waals surface area contributed by atoms with Crippen LogP contribution in [0.2, 0.25) is 0 Å². The van der Waals surface area contributed by atoms with Gasteiger partial charge in [0.1, 0.15) is 0 Å². The molecule has 4 heteroatoms. The highest BCUT2D eigenvalue weighted by atomic mass is 16.4. The van der Waals surface area contributed by atoms with E-state index in [9.17, 15) is 9.59 Å². The molecule has 1 aliphatic rings. The summed E-state index contributed by atoms with van der Waals surface area (Å²) in [7, 11) is 0. The molecule has 1 aliphatic heterocycles. The zero-order valence-corrected chi connectivity index (χ0v) is 11.5. The van der Waals surface area contributed by atoms with Crippen molar-refractivity contribution >= 4 is 11.9 Å². The number of fused-ring (bicyclic) bond motifs is 1. The SMILES string of the molecule is O=C(O)Cc1ccc2c(c1)CN(C(=O)c1ccccc1)C2. The number of hydrogen-bond acceptors (Lipinski definition) is 2. The van der Waals surface area contributed by atoms with E-state index in [1.54, 1.807) is 17.0 Å². The van der Waals surface area contributed by atoms with Crippen molar-refractivity contribution in [1.29, 1.82) is 0 Å². The molecule has 0 fully saturated rings. The summed E-state index contributed by atoms with van der Waals surface area (Å²) in [4.78, 5) is 25.0. The minimum Gasteiger partial charge on any atom is -0.481 e. The third-order valence-corrected chi connectivity index (χ3v) is 3.66. The van der Waals surface area contributed by atoms with Gasteiger partial charge in [-0.2, -0.15) is 0 Å². The van der Waals surface area contributed by atoms with Gasteiger partial charge in [0, 0.05) is 18.7 Å². The maximum absolute atomic E-state index is 12.4. The largest absolute Gasteiger partial charge is 0.481 e. The van der Waals surface area contributed by atoms with Gasteiger partial charge < -0.3 is 10.0 Å². The van der Waals surface area contributed by atoms with Gasteiger partial charge >= 0.3 is 5.97 Å². The van der Waals surface area contributed by atoms with E-state index in [0.717, 1.165) is 16.7 Å². The molecular weight excluding hydrogens is 266 g/mol. The van der Waals surface area contributed by atoms with Gasteiger partial charge in [-0.05, 0) is 28.8 Å². The number of carbonyl (C=O) groups excluding carboxylic acids is 1. The summed E-state index contributed by atoms with van der Waals surface area (Å²) in [6, 6.07) is 14.8. The maximum atomic E-state index is 12.4. The molecule has 1 N–H and O–H groups in total. The first-order chi connectivity index (χ1) is 10.1. The Hall–Kier alpha value is -2.62. The van der Waals surface area contributed by atoms with Crippen molar-refractivity contribution in [3.63, 3.8) is 0 Å². The first-order valence-electron chi connectivity index (χ1n) is 6.80. The molecule has 0 spiro atoms. The molecule has 0 aliphatic carbocycles. The average molecular weight is 281 g/mol. The third-order valence-electron chi connectivity index (χ3n) is 3.66. The predicted octanol–water partition coefficient (Wildman–Crippen LogP) is 2.47. The van der Waals surface area contributed by atoms with Gasteiger partial charge in [0.05, 0.1) is 6.42 Å². The number of carboxylic acid groups (broad SMARTS) is 1. The highest BCUT2D eigenvalue weighted by Gasteiger charge is 2.24. The molecule has 2 aromatic rings. The van der Waals surface area contributed by atoms with Crippen LogP contribution in [-0.4, -0.2) is 21.9 Å². The first-order valence-corrected chi connectivity index (χ1v) is 6.80. The van der Waals surface area contributed by atoms with Crippen molar-refractivity contribution in [2.75, 3.05) is 0 Å². The fourth-order valence-corrected chi connectivity index (χ4v) is 2.64. The standard InChI is InChI=1S/C17H15NO3/c19-16(20)9-12-6-7-14-10-18(11-15(14)8-12)17(21)13-4-2-1-3-5-13/h1-8H,9-11H2,(H,19,20). The molecule has 1 amide bonds. The number of rotatable bonds is 3. The Morgan fingerprint density at radius 3 is 2.43 bits per heavy atom. The number of amides is 1. The van der Waals surface area contributed by atoms with Gasteiger partial charge in [0.15, 0.2) is 0 Å². The number of nitrogens with zero attached hydrogens (tertiary/aromatic N) is 1. The second kappa shape index (κ2) is 5.40. The van der Waals surface area contributed by atoms with Crippen molar-refractivity contribution in [3.05, 3.63) is 70.8 Å². The summed E-state index contributed by atoms with van der Waals surface area (Å²) in [5.41, 5.74) is 3.58. The molecule has 1 heterocycles. The third kappa shape index (κ3) is 2.79. The normalized spacial score (nSPS) is 13.0. The van der Waals surface area contributed by atoms with Crippen LogP contribution in [0.3, 0.4) is 0 Å². The summed E-state index contributed by atoms with van der Waals surface area (Å²) >= 11 is 0. The lowest BCUT2D eigenvalue weighted by atomic mass is 10.0. The van der Waals surface area contributed by atoms with Crippen LogP contribution in [0.15, 0.2) is 48.5 Å². The van der Waals surface area contributed by atoms with Crippen molar-refractivity contribution < 1.29 is 14.7 Å². The van der Waals surface area contributed by atoms with Gasteiger partial charge in [0.25, 0.3) is 5.91 Å². The summed E-state index contributed by atoms with van der Waals surface area (Å²) in [6.07, 6.45) is 0.0138. The number of carboxylic acids is 1. The van der Waals surface area contributed by atoms with Crippen LogP contribution in [0.25, 0.3) is 0 Å². The Balaban J connectivity index is 1.78. The fourth-order valence-electron chi connectivity index (χ4n) is 2.64. The molecule has 0 aromatic heterocycles. The topological polar surface area (TPSA) is 57.6 Å². The summed E-state index contributed by atoms with van der Waals surface area (Å²) < 4.78 is 0. The lowest BCUT2D eigenvalue weighted by molar-refractivity contribution is -0.136. The Kier molecular flexibility index (Phi) is 3.44. The number of carbonyl (C=O) groups is 2. The molecule has 0 unspecified atom stereocenters. The molecule has 0 bridgehead atoms. The van der Waals surface area contributed by atoms with Gasteiger partial charge in [-0.1, -0.05) is 36.4 Å². The number of benzene rings is 2. The van der Waals surface area contributed by atoms with Crippen LogP contribution in [-0.2, 0) is 24.3 Å². The number of hydrogen-bond donors (Lipinski definition) is 1. The molecule has 0 atom stereocenters. The van der Waals surface area contributed by atoms with E-state index in [4.69, 9.17) is 5.11 Å². The predicted molar refractivity (Wildman–Crippen MR) is 77.8 cm³/mol. The van der Waals surface area contributed by atoms with Gasteiger partial charge in [-0.3, -0.25) is 9.59 Å². The molecule has 106 valence electrons.